The SMILES string of the molecule is O=C(CSc1nnc(Cc2ccccc2)n1-c1ccc(F)cc1)Nc1ccc(F)cc1. The van der Waals surface area contributed by atoms with Crippen molar-refractivity contribution in [2.24, 2.45) is 0 Å². The summed E-state index contributed by atoms with van der Waals surface area (Å²) < 4.78 is 28.3. The summed E-state index contributed by atoms with van der Waals surface area (Å²) in [6, 6.07) is 21.4. The Labute approximate surface area is 182 Å². The summed E-state index contributed by atoms with van der Waals surface area (Å²) >= 11 is 1.22. The number of aromatic nitrogens is 3. The molecule has 3 aromatic carbocycles. The lowest BCUT2D eigenvalue weighted by Gasteiger charge is -2.11. The van der Waals surface area contributed by atoms with Crippen LogP contribution in [0.15, 0.2) is 84.0 Å². The average molecular weight is 436 g/mol. The summed E-state index contributed by atoms with van der Waals surface area (Å²) in [5.74, 6) is -0.198. The standard InChI is InChI=1S/C23H18F2N4OS/c24-17-6-10-19(11-7-17)26-22(30)15-31-23-28-27-21(14-16-4-2-1-3-5-16)29(23)20-12-8-18(25)9-13-20/h1-13H,14-15H2,(H,26,30). The Morgan fingerprint density at radius 2 is 1.52 bits per heavy atom. The third kappa shape index (κ3) is 5.35. The molecule has 0 atom stereocenters. The third-order valence-electron chi connectivity index (χ3n) is 4.45. The van der Waals surface area contributed by atoms with Gasteiger partial charge in [0.2, 0.25) is 5.91 Å². The number of nitrogens with zero attached hydrogens (tertiary/aromatic N) is 3. The van der Waals surface area contributed by atoms with Gasteiger partial charge in [-0.3, -0.25) is 9.36 Å². The van der Waals surface area contributed by atoms with Crippen molar-refractivity contribution < 1.29 is 13.6 Å². The second-order valence-electron chi connectivity index (χ2n) is 6.72. The van der Waals surface area contributed by atoms with Crippen LogP contribution in [0.5, 0.6) is 0 Å². The number of benzene rings is 3. The van der Waals surface area contributed by atoms with E-state index in [0.717, 1.165) is 5.56 Å². The predicted octanol–water partition coefficient (Wildman–Crippen LogP) is 4.87. The smallest absolute Gasteiger partial charge is 0.234 e. The molecule has 0 saturated carbocycles. The highest BCUT2D eigenvalue weighted by Gasteiger charge is 2.16. The van der Waals surface area contributed by atoms with Crippen LogP contribution in [0.25, 0.3) is 5.69 Å². The quantitative estimate of drug-likeness (QED) is 0.420. The highest BCUT2D eigenvalue weighted by atomic mass is 32.2. The highest BCUT2D eigenvalue weighted by molar-refractivity contribution is 7.99. The average Bonchev–Trinajstić information content (AvgIpc) is 3.17. The molecule has 0 fully saturated rings. The van der Waals surface area contributed by atoms with Gasteiger partial charge in [0.25, 0.3) is 0 Å². The van der Waals surface area contributed by atoms with Gasteiger partial charge in [-0.1, -0.05) is 42.1 Å². The van der Waals surface area contributed by atoms with Crippen molar-refractivity contribution in [3.8, 4) is 5.69 Å². The molecule has 0 aliphatic heterocycles. The van der Waals surface area contributed by atoms with Crippen molar-refractivity contribution in [2.75, 3.05) is 11.1 Å². The van der Waals surface area contributed by atoms with Crippen molar-refractivity contribution in [3.63, 3.8) is 0 Å². The maximum atomic E-state index is 13.4. The number of carbonyl (C=O) groups is 1. The minimum atomic E-state index is -0.370. The van der Waals surface area contributed by atoms with Gasteiger partial charge < -0.3 is 5.32 Å². The zero-order valence-corrected chi connectivity index (χ0v) is 17.2. The normalized spacial score (nSPS) is 10.8. The number of amides is 1. The Hall–Kier alpha value is -3.52. The van der Waals surface area contributed by atoms with Crippen LogP contribution in [-0.4, -0.2) is 26.4 Å². The van der Waals surface area contributed by atoms with Crippen LogP contribution in [0, 0.1) is 11.6 Å². The Bertz CT molecular complexity index is 1160. The molecule has 0 aliphatic carbocycles. The van der Waals surface area contributed by atoms with Crippen LogP contribution in [0.4, 0.5) is 14.5 Å². The van der Waals surface area contributed by atoms with Crippen molar-refractivity contribution in [1.29, 1.82) is 0 Å². The van der Waals surface area contributed by atoms with E-state index in [9.17, 15) is 13.6 Å². The Morgan fingerprint density at radius 1 is 0.871 bits per heavy atom. The fourth-order valence-corrected chi connectivity index (χ4v) is 3.77. The summed E-state index contributed by atoms with van der Waals surface area (Å²) in [4.78, 5) is 12.3. The molecule has 1 amide bonds. The predicted molar refractivity (Wildman–Crippen MR) is 116 cm³/mol. The van der Waals surface area contributed by atoms with Crippen LogP contribution in [-0.2, 0) is 11.2 Å². The van der Waals surface area contributed by atoms with Gasteiger partial charge in [0.15, 0.2) is 5.16 Å². The van der Waals surface area contributed by atoms with Gasteiger partial charge in [-0.05, 0) is 54.1 Å². The molecule has 0 bridgehead atoms. The number of thioether (sulfide) groups is 1. The van der Waals surface area contributed by atoms with E-state index in [1.807, 2.05) is 34.9 Å². The molecule has 4 aromatic rings. The molecule has 156 valence electrons. The number of nitrogens with one attached hydrogen (secondary N) is 1. The zero-order chi connectivity index (χ0) is 21.6. The highest BCUT2D eigenvalue weighted by Crippen LogP contribution is 2.24. The molecule has 4 rings (SSSR count). The minimum Gasteiger partial charge on any atom is -0.325 e. The first-order chi connectivity index (χ1) is 15.1. The largest absolute Gasteiger partial charge is 0.325 e. The maximum absolute atomic E-state index is 13.4. The second kappa shape index (κ2) is 9.53. The molecule has 0 saturated heterocycles. The zero-order valence-electron chi connectivity index (χ0n) is 16.3. The first-order valence-corrected chi connectivity index (χ1v) is 10.5. The lowest BCUT2D eigenvalue weighted by atomic mass is 10.1. The lowest BCUT2D eigenvalue weighted by Crippen LogP contribution is -2.14. The maximum Gasteiger partial charge on any atom is 0.234 e. The Balaban J connectivity index is 1.54. The minimum absolute atomic E-state index is 0.0854. The summed E-state index contributed by atoms with van der Waals surface area (Å²) in [6.45, 7) is 0. The van der Waals surface area contributed by atoms with Crippen LogP contribution < -0.4 is 5.32 Å². The fourth-order valence-electron chi connectivity index (χ4n) is 3.00. The number of anilines is 1. The topological polar surface area (TPSA) is 59.8 Å². The lowest BCUT2D eigenvalue weighted by molar-refractivity contribution is -0.113. The second-order valence-corrected chi connectivity index (χ2v) is 7.66. The monoisotopic (exact) mass is 436 g/mol. The third-order valence-corrected chi connectivity index (χ3v) is 5.38. The van der Waals surface area contributed by atoms with Gasteiger partial charge in [-0.25, -0.2) is 8.78 Å². The van der Waals surface area contributed by atoms with E-state index in [4.69, 9.17) is 0 Å². The van der Waals surface area contributed by atoms with E-state index >= 15 is 0 Å². The number of carbonyl (C=O) groups excluding carboxylic acids is 1. The Kier molecular flexibility index (Phi) is 6.37. The molecular formula is C23H18F2N4OS. The van der Waals surface area contributed by atoms with Crippen LogP contribution in [0.3, 0.4) is 0 Å². The molecule has 1 aromatic heterocycles. The van der Waals surface area contributed by atoms with Gasteiger partial charge in [-0.2, -0.15) is 0 Å². The van der Waals surface area contributed by atoms with E-state index in [1.165, 1.54) is 48.2 Å². The summed E-state index contributed by atoms with van der Waals surface area (Å²) in [5, 5.41) is 11.8. The molecule has 0 unspecified atom stereocenters. The summed E-state index contributed by atoms with van der Waals surface area (Å²) in [7, 11) is 0. The van der Waals surface area contributed by atoms with E-state index in [2.05, 4.69) is 15.5 Å². The summed E-state index contributed by atoms with van der Waals surface area (Å²) in [6.07, 6.45) is 0.535. The number of rotatable bonds is 7. The van der Waals surface area contributed by atoms with Crippen molar-refractivity contribution in [2.45, 2.75) is 11.6 Å². The van der Waals surface area contributed by atoms with Crippen molar-refractivity contribution in [1.82, 2.24) is 14.8 Å². The van der Waals surface area contributed by atoms with Crippen LogP contribution in [0.2, 0.25) is 0 Å². The van der Waals surface area contributed by atoms with E-state index in [0.29, 0.717) is 28.8 Å². The molecule has 5 nitrogen and oxygen atoms in total. The molecule has 0 radical (unpaired) electrons. The first kappa shape index (κ1) is 20.7. The molecule has 8 heteroatoms. The van der Waals surface area contributed by atoms with Gasteiger partial charge in [-0.15, -0.1) is 10.2 Å². The molecule has 31 heavy (non-hydrogen) atoms. The van der Waals surface area contributed by atoms with Crippen molar-refractivity contribution >= 4 is 23.4 Å². The van der Waals surface area contributed by atoms with E-state index in [1.54, 1.807) is 12.1 Å². The van der Waals surface area contributed by atoms with Crippen molar-refractivity contribution in [3.05, 3.63) is 102 Å². The van der Waals surface area contributed by atoms with E-state index < -0.39 is 0 Å². The first-order valence-electron chi connectivity index (χ1n) is 9.51. The number of halogens is 2. The molecule has 1 N–H and O–H groups in total. The molecule has 0 spiro atoms. The summed E-state index contributed by atoms with van der Waals surface area (Å²) in [5.41, 5.74) is 2.28. The fraction of sp³-hybridized carbons (Fsp3) is 0.0870. The van der Waals surface area contributed by atoms with Gasteiger partial charge in [0, 0.05) is 17.8 Å². The number of hydrogen-bond acceptors (Lipinski definition) is 4. The Morgan fingerprint density at radius 3 is 2.19 bits per heavy atom. The van der Waals surface area contributed by atoms with Gasteiger partial charge in [0.1, 0.15) is 17.5 Å². The van der Waals surface area contributed by atoms with Gasteiger partial charge in [0.05, 0.1) is 5.75 Å². The molecule has 0 aliphatic rings. The van der Waals surface area contributed by atoms with Crippen LogP contribution >= 0.6 is 11.8 Å². The van der Waals surface area contributed by atoms with Gasteiger partial charge >= 0.3 is 0 Å². The molecule has 1 heterocycles. The number of hydrogen-bond donors (Lipinski definition) is 1. The van der Waals surface area contributed by atoms with E-state index in [-0.39, 0.29) is 23.3 Å². The molecular weight excluding hydrogens is 418 g/mol. The van der Waals surface area contributed by atoms with Crippen LogP contribution in [0.1, 0.15) is 11.4 Å².